The Hall–Kier alpha value is -0.780. The zero-order valence-corrected chi connectivity index (χ0v) is 9.63. The summed E-state index contributed by atoms with van der Waals surface area (Å²) in [5.74, 6) is 1.07. The second-order valence-electron chi connectivity index (χ2n) is 5.63. The number of hydrogen-bond donors (Lipinski definition) is 0. The smallest absolute Gasteiger partial charge is 0.00467 e. The number of benzene rings is 1. The summed E-state index contributed by atoms with van der Waals surface area (Å²) in [6.45, 7) is 2.18. The minimum absolute atomic E-state index is 0.572. The first kappa shape index (κ1) is 9.45. The Bertz CT molecular complexity index is 325. The normalized spacial score (nSPS) is 34.3. The van der Waals surface area contributed by atoms with Crippen LogP contribution < -0.4 is 0 Å². The van der Waals surface area contributed by atoms with Crippen molar-refractivity contribution < 1.29 is 0 Å². The summed E-state index contributed by atoms with van der Waals surface area (Å²) in [4.78, 5) is 0. The molecule has 0 heteroatoms. The van der Waals surface area contributed by atoms with Crippen LogP contribution >= 0.6 is 0 Å². The Morgan fingerprint density at radius 3 is 2.00 bits per heavy atom. The van der Waals surface area contributed by atoms with Gasteiger partial charge in [-0.3, -0.25) is 0 Å². The van der Waals surface area contributed by atoms with Crippen LogP contribution in [-0.4, -0.2) is 0 Å². The first-order valence-electron chi connectivity index (χ1n) is 6.36. The largest absolute Gasteiger partial charge is 0.0590 e. The van der Waals surface area contributed by atoms with E-state index in [0.717, 1.165) is 5.92 Å². The van der Waals surface area contributed by atoms with Gasteiger partial charge >= 0.3 is 0 Å². The molecule has 0 nitrogen and oxygen atoms in total. The van der Waals surface area contributed by atoms with Gasteiger partial charge in [-0.15, -0.1) is 0 Å². The van der Waals surface area contributed by atoms with E-state index in [-0.39, 0.29) is 0 Å². The zero-order valence-electron chi connectivity index (χ0n) is 9.63. The fourth-order valence-electron chi connectivity index (χ4n) is 3.59. The Kier molecular flexibility index (Phi) is 2.12. The van der Waals surface area contributed by atoms with E-state index in [4.69, 9.17) is 0 Å². The highest BCUT2D eigenvalue weighted by Gasteiger charge is 2.41. The zero-order chi connectivity index (χ0) is 10.3. The van der Waals surface area contributed by atoms with E-state index in [9.17, 15) is 0 Å². The van der Waals surface area contributed by atoms with Crippen molar-refractivity contribution in [3.8, 4) is 0 Å². The van der Waals surface area contributed by atoms with Gasteiger partial charge in [0.2, 0.25) is 0 Å². The molecule has 0 radical (unpaired) electrons. The van der Waals surface area contributed by atoms with E-state index in [2.05, 4.69) is 31.2 Å². The predicted molar refractivity (Wildman–Crippen MR) is 64.0 cm³/mol. The molecule has 0 amide bonds. The van der Waals surface area contributed by atoms with Gasteiger partial charge in [0.1, 0.15) is 0 Å². The number of rotatable bonds is 1. The van der Waals surface area contributed by atoms with Crippen molar-refractivity contribution in [3.05, 3.63) is 35.4 Å². The molecule has 0 N–H and O–H groups in total. The molecule has 3 fully saturated rings. The lowest BCUT2D eigenvalue weighted by atomic mass is 9.58. The van der Waals surface area contributed by atoms with Crippen LogP contribution in [0.1, 0.15) is 49.7 Å². The number of hydrogen-bond acceptors (Lipinski definition) is 0. The van der Waals surface area contributed by atoms with Crippen molar-refractivity contribution >= 4 is 0 Å². The minimum atomic E-state index is 0.572. The first-order chi connectivity index (χ1) is 7.28. The minimum Gasteiger partial charge on any atom is -0.0590 e. The van der Waals surface area contributed by atoms with Crippen LogP contribution in [0, 0.1) is 12.8 Å². The SMILES string of the molecule is Cc1ccc(C23CCC(CC2)CC3)cc1. The molecule has 3 aliphatic rings. The molecule has 80 valence electrons. The van der Waals surface area contributed by atoms with Gasteiger partial charge < -0.3 is 0 Å². The molecule has 4 rings (SSSR count). The molecule has 15 heavy (non-hydrogen) atoms. The summed E-state index contributed by atoms with van der Waals surface area (Å²) in [5.41, 5.74) is 3.58. The second kappa shape index (κ2) is 3.37. The maximum atomic E-state index is 2.38. The highest BCUT2D eigenvalue weighted by atomic mass is 14.5. The molecule has 2 bridgehead atoms. The average molecular weight is 200 g/mol. The quantitative estimate of drug-likeness (QED) is 0.637. The summed E-state index contributed by atoms with van der Waals surface area (Å²) in [5, 5.41) is 0. The molecule has 3 saturated carbocycles. The maximum absolute atomic E-state index is 2.38. The van der Waals surface area contributed by atoms with Crippen LogP contribution in [0.3, 0.4) is 0 Å². The standard InChI is InChI=1S/C15H20/c1-12-2-4-14(5-3-12)15-9-6-13(7-10-15)8-11-15/h2-5,13H,6-11H2,1H3. The molecule has 0 heterocycles. The number of aryl methyl sites for hydroxylation is 1. The molecule has 3 aliphatic carbocycles. The van der Waals surface area contributed by atoms with Gasteiger partial charge in [0.15, 0.2) is 0 Å². The Balaban J connectivity index is 1.94. The summed E-state index contributed by atoms with van der Waals surface area (Å²) in [6.07, 6.45) is 8.78. The van der Waals surface area contributed by atoms with E-state index >= 15 is 0 Å². The molecule has 1 aromatic rings. The van der Waals surface area contributed by atoms with Crippen molar-refractivity contribution in [2.24, 2.45) is 5.92 Å². The van der Waals surface area contributed by atoms with Crippen molar-refractivity contribution in [2.45, 2.75) is 50.9 Å². The van der Waals surface area contributed by atoms with Crippen LogP contribution in [0.5, 0.6) is 0 Å². The molecular weight excluding hydrogens is 180 g/mol. The lowest BCUT2D eigenvalue weighted by Crippen LogP contribution is -2.37. The van der Waals surface area contributed by atoms with E-state index in [1.165, 1.54) is 44.1 Å². The summed E-state index contributed by atoms with van der Waals surface area (Å²) >= 11 is 0. The molecule has 0 aromatic heterocycles. The maximum Gasteiger partial charge on any atom is -0.00467 e. The molecule has 0 saturated heterocycles. The fourth-order valence-corrected chi connectivity index (χ4v) is 3.59. The Labute approximate surface area is 92.7 Å². The highest BCUT2D eigenvalue weighted by molar-refractivity contribution is 5.30. The lowest BCUT2D eigenvalue weighted by Gasteiger charge is -2.47. The van der Waals surface area contributed by atoms with Gasteiger partial charge in [0, 0.05) is 0 Å². The van der Waals surface area contributed by atoms with Crippen molar-refractivity contribution in [1.82, 2.24) is 0 Å². The first-order valence-corrected chi connectivity index (χ1v) is 6.36. The Morgan fingerprint density at radius 2 is 1.47 bits per heavy atom. The van der Waals surface area contributed by atoms with Crippen LogP contribution in [0.15, 0.2) is 24.3 Å². The van der Waals surface area contributed by atoms with Crippen LogP contribution in [0.25, 0.3) is 0 Å². The van der Waals surface area contributed by atoms with E-state index < -0.39 is 0 Å². The topological polar surface area (TPSA) is 0 Å². The Morgan fingerprint density at radius 1 is 0.933 bits per heavy atom. The van der Waals surface area contributed by atoms with Crippen molar-refractivity contribution in [3.63, 3.8) is 0 Å². The van der Waals surface area contributed by atoms with E-state index in [0.29, 0.717) is 5.41 Å². The van der Waals surface area contributed by atoms with Gasteiger partial charge in [0.25, 0.3) is 0 Å². The fraction of sp³-hybridized carbons (Fsp3) is 0.600. The van der Waals surface area contributed by atoms with Crippen LogP contribution in [0.4, 0.5) is 0 Å². The van der Waals surface area contributed by atoms with Crippen molar-refractivity contribution in [1.29, 1.82) is 0 Å². The molecular formula is C15H20. The third-order valence-corrected chi connectivity index (χ3v) is 4.76. The van der Waals surface area contributed by atoms with Crippen molar-refractivity contribution in [2.75, 3.05) is 0 Å². The van der Waals surface area contributed by atoms with Gasteiger partial charge in [-0.25, -0.2) is 0 Å². The van der Waals surface area contributed by atoms with Gasteiger partial charge in [-0.05, 0) is 62.3 Å². The molecule has 1 aromatic carbocycles. The molecule has 0 atom stereocenters. The van der Waals surface area contributed by atoms with Gasteiger partial charge in [0.05, 0.1) is 0 Å². The monoisotopic (exact) mass is 200 g/mol. The predicted octanol–water partition coefficient (Wildman–Crippen LogP) is 4.22. The summed E-state index contributed by atoms with van der Waals surface area (Å²) in [7, 11) is 0. The third kappa shape index (κ3) is 1.51. The molecule has 0 unspecified atom stereocenters. The number of fused-ring (bicyclic) bond motifs is 3. The van der Waals surface area contributed by atoms with Gasteiger partial charge in [-0.1, -0.05) is 29.8 Å². The van der Waals surface area contributed by atoms with Crippen LogP contribution in [0.2, 0.25) is 0 Å². The molecule has 0 aliphatic heterocycles. The third-order valence-electron chi connectivity index (χ3n) is 4.76. The van der Waals surface area contributed by atoms with Gasteiger partial charge in [-0.2, -0.15) is 0 Å². The highest BCUT2D eigenvalue weighted by Crippen LogP contribution is 2.51. The lowest BCUT2D eigenvalue weighted by molar-refractivity contribution is 0.136. The van der Waals surface area contributed by atoms with Crippen LogP contribution in [-0.2, 0) is 5.41 Å². The summed E-state index contributed by atoms with van der Waals surface area (Å²) in [6, 6.07) is 9.32. The average Bonchev–Trinajstić information content (AvgIpc) is 2.32. The molecule has 0 spiro atoms. The van der Waals surface area contributed by atoms with E-state index in [1.54, 1.807) is 5.56 Å². The summed E-state index contributed by atoms with van der Waals surface area (Å²) < 4.78 is 0. The second-order valence-corrected chi connectivity index (χ2v) is 5.63. The van der Waals surface area contributed by atoms with E-state index in [1.807, 2.05) is 0 Å².